The van der Waals surface area contributed by atoms with E-state index >= 15 is 0 Å². The first-order chi connectivity index (χ1) is 14.2. The van der Waals surface area contributed by atoms with Crippen LogP contribution in [0.3, 0.4) is 0 Å². The van der Waals surface area contributed by atoms with Crippen molar-refractivity contribution in [2.75, 3.05) is 4.90 Å². The molecule has 0 atom stereocenters. The van der Waals surface area contributed by atoms with Gasteiger partial charge in [-0.15, -0.1) is 0 Å². The van der Waals surface area contributed by atoms with Crippen LogP contribution in [0, 0.1) is 15.9 Å². The van der Waals surface area contributed by atoms with Gasteiger partial charge < -0.3 is 0 Å². The summed E-state index contributed by atoms with van der Waals surface area (Å²) in [6, 6.07) is 13.1. The van der Waals surface area contributed by atoms with Crippen molar-refractivity contribution in [2.24, 2.45) is 0 Å². The van der Waals surface area contributed by atoms with Crippen LogP contribution in [-0.4, -0.2) is 25.2 Å². The fourth-order valence-electron chi connectivity index (χ4n) is 3.14. The largest absolute Gasteiger partial charge is 0.269 e. The van der Waals surface area contributed by atoms with Crippen LogP contribution in [0.2, 0.25) is 0 Å². The van der Waals surface area contributed by atoms with Gasteiger partial charge in [-0.2, -0.15) is 0 Å². The number of imide groups is 1. The Hall–Kier alpha value is -3.92. The molecular formula is C20H11FN2O6S. The molecule has 0 unspecified atom stereocenters. The number of anilines is 1. The Kier molecular flexibility index (Phi) is 4.43. The summed E-state index contributed by atoms with van der Waals surface area (Å²) in [5, 5.41) is 10.7. The zero-order valence-corrected chi connectivity index (χ0v) is 15.8. The standard InChI is InChI=1S/C20H11FN2O6S/c21-17-3-1-2-16-18(17)20(25)22(19(16)24)12-4-8-14(9-5-12)30(28,29)15-10-6-13(7-11-15)23(26)27/h1-11H. The number of halogens is 1. The number of nitro benzene ring substituents is 1. The monoisotopic (exact) mass is 426 g/mol. The van der Waals surface area contributed by atoms with Gasteiger partial charge in [0.15, 0.2) is 0 Å². The molecule has 0 N–H and O–H groups in total. The van der Waals surface area contributed by atoms with E-state index < -0.39 is 32.4 Å². The number of benzene rings is 3. The van der Waals surface area contributed by atoms with Gasteiger partial charge in [0.05, 0.1) is 31.5 Å². The summed E-state index contributed by atoms with van der Waals surface area (Å²) in [4.78, 5) is 35.6. The highest BCUT2D eigenvalue weighted by atomic mass is 32.2. The summed E-state index contributed by atoms with van der Waals surface area (Å²) in [6.07, 6.45) is 0. The number of amides is 2. The van der Waals surface area contributed by atoms with Gasteiger partial charge in [-0.1, -0.05) is 6.07 Å². The molecule has 0 saturated heterocycles. The van der Waals surface area contributed by atoms with E-state index in [0.717, 1.165) is 35.2 Å². The molecule has 8 nitrogen and oxygen atoms in total. The smallest absolute Gasteiger partial charge is 0.268 e. The van der Waals surface area contributed by atoms with Crippen LogP contribution < -0.4 is 4.90 Å². The fraction of sp³-hybridized carbons (Fsp3) is 0. The van der Waals surface area contributed by atoms with E-state index in [9.17, 15) is 32.5 Å². The van der Waals surface area contributed by atoms with Gasteiger partial charge in [-0.3, -0.25) is 19.7 Å². The molecule has 0 radical (unpaired) electrons. The van der Waals surface area contributed by atoms with Crippen molar-refractivity contribution >= 4 is 33.0 Å². The van der Waals surface area contributed by atoms with Crippen molar-refractivity contribution in [3.63, 3.8) is 0 Å². The predicted octanol–water partition coefficient (Wildman–Crippen LogP) is 3.37. The molecule has 10 heteroatoms. The molecular weight excluding hydrogens is 415 g/mol. The van der Waals surface area contributed by atoms with Crippen LogP contribution >= 0.6 is 0 Å². The van der Waals surface area contributed by atoms with Crippen LogP contribution in [0.5, 0.6) is 0 Å². The first kappa shape index (κ1) is 19.4. The van der Waals surface area contributed by atoms with E-state index in [-0.39, 0.29) is 32.3 Å². The van der Waals surface area contributed by atoms with Crippen molar-refractivity contribution in [1.82, 2.24) is 0 Å². The second-order valence-corrected chi connectivity index (χ2v) is 8.31. The molecule has 0 aliphatic carbocycles. The molecule has 0 bridgehead atoms. The first-order valence-corrected chi connectivity index (χ1v) is 9.97. The highest BCUT2D eigenvalue weighted by Crippen LogP contribution is 2.31. The molecule has 4 rings (SSSR count). The number of carbonyl (C=O) groups is 2. The molecule has 3 aromatic rings. The molecule has 3 aromatic carbocycles. The maximum atomic E-state index is 14.0. The Balaban J connectivity index is 1.67. The van der Waals surface area contributed by atoms with Gasteiger partial charge >= 0.3 is 0 Å². The van der Waals surface area contributed by atoms with Gasteiger partial charge in [0.25, 0.3) is 17.5 Å². The number of nitrogens with zero attached hydrogens (tertiary/aromatic N) is 2. The lowest BCUT2D eigenvalue weighted by Gasteiger charge is -2.14. The minimum atomic E-state index is -3.98. The fourth-order valence-corrected chi connectivity index (χ4v) is 4.40. The highest BCUT2D eigenvalue weighted by molar-refractivity contribution is 7.91. The number of carbonyl (C=O) groups excluding carboxylic acids is 2. The van der Waals surface area contributed by atoms with E-state index in [4.69, 9.17) is 0 Å². The highest BCUT2D eigenvalue weighted by Gasteiger charge is 2.38. The summed E-state index contributed by atoms with van der Waals surface area (Å²) in [6.45, 7) is 0. The topological polar surface area (TPSA) is 115 Å². The number of hydrogen-bond acceptors (Lipinski definition) is 6. The van der Waals surface area contributed by atoms with E-state index in [1.165, 1.54) is 36.4 Å². The number of nitro groups is 1. The van der Waals surface area contributed by atoms with Crippen LogP contribution in [0.25, 0.3) is 0 Å². The van der Waals surface area contributed by atoms with Gasteiger partial charge in [-0.25, -0.2) is 17.7 Å². The number of non-ortho nitro benzene ring substituents is 1. The number of sulfone groups is 1. The third kappa shape index (κ3) is 2.94. The molecule has 1 aliphatic heterocycles. The number of hydrogen-bond donors (Lipinski definition) is 0. The summed E-state index contributed by atoms with van der Waals surface area (Å²) in [5.41, 5.74) is -0.557. The number of fused-ring (bicyclic) bond motifs is 1. The minimum absolute atomic E-state index is 0.0671. The molecule has 2 amide bonds. The van der Waals surface area contributed by atoms with Gasteiger partial charge in [0.1, 0.15) is 5.82 Å². The molecule has 0 saturated carbocycles. The summed E-state index contributed by atoms with van der Waals surface area (Å²) < 4.78 is 39.4. The number of rotatable bonds is 4. The Morgan fingerprint density at radius 1 is 0.833 bits per heavy atom. The zero-order valence-electron chi connectivity index (χ0n) is 15.0. The van der Waals surface area contributed by atoms with Crippen LogP contribution in [0.4, 0.5) is 15.8 Å². The maximum absolute atomic E-state index is 14.0. The lowest BCUT2D eigenvalue weighted by Crippen LogP contribution is -2.29. The Morgan fingerprint density at radius 3 is 1.93 bits per heavy atom. The van der Waals surface area contributed by atoms with Crippen molar-refractivity contribution in [1.29, 1.82) is 0 Å². The second kappa shape index (κ2) is 6.85. The first-order valence-electron chi connectivity index (χ1n) is 8.49. The summed E-state index contributed by atoms with van der Waals surface area (Å²) >= 11 is 0. The minimum Gasteiger partial charge on any atom is -0.268 e. The lowest BCUT2D eigenvalue weighted by molar-refractivity contribution is -0.384. The molecule has 0 fully saturated rings. The zero-order chi connectivity index (χ0) is 21.6. The van der Waals surface area contributed by atoms with E-state index in [0.29, 0.717) is 0 Å². The quantitative estimate of drug-likeness (QED) is 0.359. The maximum Gasteiger partial charge on any atom is 0.269 e. The van der Waals surface area contributed by atoms with Crippen molar-refractivity contribution in [3.8, 4) is 0 Å². The van der Waals surface area contributed by atoms with E-state index in [1.807, 2.05) is 0 Å². The summed E-state index contributed by atoms with van der Waals surface area (Å²) in [5.74, 6) is -2.36. The normalized spacial score (nSPS) is 13.4. The van der Waals surface area contributed by atoms with Crippen LogP contribution in [0.15, 0.2) is 76.5 Å². The van der Waals surface area contributed by atoms with Crippen molar-refractivity contribution in [2.45, 2.75) is 9.79 Å². The third-order valence-electron chi connectivity index (χ3n) is 4.63. The Bertz CT molecular complexity index is 1320. The molecule has 0 aromatic heterocycles. The molecule has 1 aliphatic rings. The Labute approximate surface area is 169 Å². The van der Waals surface area contributed by atoms with Gasteiger partial charge in [-0.05, 0) is 48.5 Å². The van der Waals surface area contributed by atoms with Crippen LogP contribution in [-0.2, 0) is 9.84 Å². The Morgan fingerprint density at radius 2 is 1.40 bits per heavy atom. The lowest BCUT2D eigenvalue weighted by atomic mass is 10.1. The third-order valence-corrected chi connectivity index (χ3v) is 6.41. The average Bonchev–Trinajstić information content (AvgIpc) is 2.99. The average molecular weight is 426 g/mol. The summed E-state index contributed by atoms with van der Waals surface area (Å²) in [7, 11) is -3.98. The van der Waals surface area contributed by atoms with E-state index in [1.54, 1.807) is 0 Å². The molecule has 30 heavy (non-hydrogen) atoms. The van der Waals surface area contributed by atoms with E-state index in [2.05, 4.69) is 0 Å². The van der Waals surface area contributed by atoms with Crippen LogP contribution in [0.1, 0.15) is 20.7 Å². The molecule has 0 spiro atoms. The van der Waals surface area contributed by atoms with Gasteiger partial charge in [0.2, 0.25) is 9.84 Å². The SMILES string of the molecule is O=C1c2cccc(F)c2C(=O)N1c1ccc(S(=O)(=O)c2ccc([N+](=O)[O-])cc2)cc1. The van der Waals surface area contributed by atoms with Gasteiger partial charge in [0, 0.05) is 12.1 Å². The van der Waals surface area contributed by atoms with Crippen molar-refractivity contribution in [3.05, 3.63) is 93.8 Å². The molecule has 1 heterocycles. The predicted molar refractivity (Wildman–Crippen MR) is 103 cm³/mol. The second-order valence-electron chi connectivity index (χ2n) is 6.36. The molecule has 150 valence electrons. The van der Waals surface area contributed by atoms with Crippen molar-refractivity contribution < 1.29 is 27.3 Å².